The summed E-state index contributed by atoms with van der Waals surface area (Å²) >= 11 is 3.39. The third kappa shape index (κ3) is 4.43. The first-order valence-electron chi connectivity index (χ1n) is 7.25. The number of nitrogens with zero attached hydrogens (tertiary/aromatic N) is 3. The van der Waals surface area contributed by atoms with Gasteiger partial charge < -0.3 is 4.74 Å². The third-order valence-corrected chi connectivity index (χ3v) is 3.68. The van der Waals surface area contributed by atoms with E-state index in [1.165, 1.54) is 0 Å². The lowest BCUT2D eigenvalue weighted by Gasteiger charge is -2.05. The number of halogens is 1. The van der Waals surface area contributed by atoms with Crippen molar-refractivity contribution in [3.05, 3.63) is 58.6 Å². The van der Waals surface area contributed by atoms with E-state index in [0.717, 1.165) is 10.0 Å². The number of nitriles is 1. The molecule has 7 nitrogen and oxygen atoms in total. The van der Waals surface area contributed by atoms with E-state index >= 15 is 0 Å². The van der Waals surface area contributed by atoms with Gasteiger partial charge in [-0.15, -0.1) is 5.10 Å². The highest BCUT2D eigenvalue weighted by Crippen LogP contribution is 2.20. The molecule has 0 bridgehead atoms. The molecule has 0 fully saturated rings. The number of aromatic amines is 1. The fraction of sp³-hybridized carbons (Fsp3) is 0.0588. The summed E-state index contributed by atoms with van der Waals surface area (Å²) in [6.07, 6.45) is 0. The number of benzene rings is 2. The van der Waals surface area contributed by atoms with Gasteiger partial charge in [-0.25, -0.2) is 0 Å². The minimum atomic E-state index is -0.385. The van der Waals surface area contributed by atoms with Crippen LogP contribution >= 0.6 is 15.9 Å². The van der Waals surface area contributed by atoms with Crippen molar-refractivity contribution in [2.45, 2.75) is 0 Å². The Labute approximate surface area is 151 Å². The van der Waals surface area contributed by atoms with Crippen LogP contribution in [0, 0.1) is 11.3 Å². The molecule has 0 aliphatic rings. The Hall–Kier alpha value is -3.18. The van der Waals surface area contributed by atoms with Gasteiger partial charge in [0.05, 0.1) is 11.6 Å². The van der Waals surface area contributed by atoms with Crippen molar-refractivity contribution in [2.24, 2.45) is 0 Å². The Morgan fingerprint density at radius 3 is 2.80 bits per heavy atom. The number of hydrogen-bond acceptors (Lipinski definition) is 5. The molecule has 3 rings (SSSR count). The van der Waals surface area contributed by atoms with Crippen molar-refractivity contribution in [2.75, 3.05) is 11.9 Å². The predicted molar refractivity (Wildman–Crippen MR) is 94.8 cm³/mol. The number of carbonyl (C=O) groups is 1. The fourth-order valence-electron chi connectivity index (χ4n) is 2.02. The number of ether oxygens (including phenoxy) is 1. The molecule has 0 atom stereocenters. The van der Waals surface area contributed by atoms with Gasteiger partial charge in [-0.3, -0.25) is 15.2 Å². The molecule has 0 radical (unpaired) electrons. The highest BCUT2D eigenvalue weighted by Gasteiger charge is 2.10. The maximum absolute atomic E-state index is 11.9. The maximum atomic E-state index is 11.9. The number of carbonyl (C=O) groups excluding carboxylic acids is 1. The van der Waals surface area contributed by atoms with Crippen molar-refractivity contribution in [3.8, 4) is 23.2 Å². The zero-order valence-electron chi connectivity index (χ0n) is 12.9. The van der Waals surface area contributed by atoms with Crippen molar-refractivity contribution >= 4 is 27.8 Å². The lowest BCUT2D eigenvalue weighted by molar-refractivity contribution is -0.118. The minimum Gasteiger partial charge on any atom is -0.484 e. The highest BCUT2D eigenvalue weighted by molar-refractivity contribution is 9.10. The first-order chi connectivity index (χ1) is 12.1. The summed E-state index contributed by atoms with van der Waals surface area (Å²) in [5.41, 5.74) is 1.37. The largest absolute Gasteiger partial charge is 0.484 e. The van der Waals surface area contributed by atoms with Crippen LogP contribution in [0.25, 0.3) is 11.4 Å². The fourth-order valence-corrected chi connectivity index (χ4v) is 2.42. The smallest absolute Gasteiger partial charge is 0.264 e. The number of aromatic nitrogens is 3. The number of hydrogen-bond donors (Lipinski definition) is 2. The summed E-state index contributed by atoms with van der Waals surface area (Å²) in [7, 11) is 0. The molecule has 2 aromatic carbocycles. The molecule has 8 heteroatoms. The van der Waals surface area contributed by atoms with E-state index in [0.29, 0.717) is 17.1 Å². The molecule has 124 valence electrons. The van der Waals surface area contributed by atoms with Gasteiger partial charge in [0.25, 0.3) is 5.91 Å². The van der Waals surface area contributed by atoms with E-state index in [1.54, 1.807) is 24.3 Å². The van der Waals surface area contributed by atoms with Gasteiger partial charge in [0, 0.05) is 10.0 Å². The lowest BCUT2D eigenvalue weighted by atomic mass is 10.2. The Balaban J connectivity index is 1.57. The van der Waals surface area contributed by atoms with Gasteiger partial charge in [0.15, 0.2) is 12.4 Å². The summed E-state index contributed by atoms with van der Waals surface area (Å²) in [5, 5.41) is 18.0. The molecule has 0 saturated carbocycles. The van der Waals surface area contributed by atoms with Gasteiger partial charge in [-0.05, 0) is 36.4 Å². The summed E-state index contributed by atoms with van der Waals surface area (Å²) in [4.78, 5) is 16.1. The van der Waals surface area contributed by atoms with Crippen LogP contribution in [0.5, 0.6) is 5.75 Å². The van der Waals surface area contributed by atoms with Crippen molar-refractivity contribution < 1.29 is 9.53 Å². The van der Waals surface area contributed by atoms with E-state index in [-0.39, 0.29) is 18.5 Å². The van der Waals surface area contributed by atoms with Crippen LogP contribution in [0.2, 0.25) is 0 Å². The minimum absolute atomic E-state index is 0.170. The topological polar surface area (TPSA) is 104 Å². The molecule has 0 aliphatic heterocycles. The van der Waals surface area contributed by atoms with Crippen LogP contribution in [-0.2, 0) is 4.79 Å². The number of anilines is 1. The monoisotopic (exact) mass is 397 g/mol. The summed E-state index contributed by atoms with van der Waals surface area (Å²) in [6, 6.07) is 16.1. The van der Waals surface area contributed by atoms with Crippen molar-refractivity contribution in [1.82, 2.24) is 15.2 Å². The van der Waals surface area contributed by atoms with Crippen LogP contribution < -0.4 is 10.1 Å². The molecule has 2 N–H and O–H groups in total. The molecule has 0 spiro atoms. The molecule has 1 amide bonds. The maximum Gasteiger partial charge on any atom is 0.264 e. The molecular weight excluding hydrogens is 386 g/mol. The molecule has 0 unspecified atom stereocenters. The first-order valence-corrected chi connectivity index (χ1v) is 8.04. The highest BCUT2D eigenvalue weighted by atomic mass is 79.9. The third-order valence-electron chi connectivity index (χ3n) is 3.19. The molecule has 0 saturated heterocycles. The lowest BCUT2D eigenvalue weighted by Crippen LogP contribution is -2.20. The number of amides is 1. The normalized spacial score (nSPS) is 10.1. The van der Waals surface area contributed by atoms with E-state index in [1.807, 2.05) is 30.3 Å². The van der Waals surface area contributed by atoms with Gasteiger partial charge in [-0.2, -0.15) is 10.2 Å². The average Bonchev–Trinajstić information content (AvgIpc) is 3.09. The molecule has 25 heavy (non-hydrogen) atoms. The van der Waals surface area contributed by atoms with Crippen LogP contribution in [0.15, 0.2) is 53.0 Å². The van der Waals surface area contributed by atoms with Crippen molar-refractivity contribution in [1.29, 1.82) is 5.26 Å². The summed E-state index contributed by atoms with van der Waals surface area (Å²) in [6.45, 7) is -0.188. The molecular formula is C17H12BrN5O2. The van der Waals surface area contributed by atoms with Gasteiger partial charge in [-0.1, -0.05) is 28.1 Å². The molecule has 3 aromatic rings. The summed E-state index contributed by atoms with van der Waals surface area (Å²) < 4.78 is 6.27. The Kier molecular flexibility index (Phi) is 5.06. The zero-order chi connectivity index (χ0) is 17.6. The Morgan fingerprint density at radius 1 is 1.28 bits per heavy atom. The molecule has 0 aliphatic carbocycles. The Bertz CT molecular complexity index is 931. The van der Waals surface area contributed by atoms with Crippen LogP contribution in [0.4, 0.5) is 5.95 Å². The molecule has 1 aromatic heterocycles. The second-order valence-electron chi connectivity index (χ2n) is 4.99. The molecule has 1 heterocycles. The SMILES string of the molecule is N#Cc1ccc(OCC(=O)Nc2n[nH]c(-c3cccc(Br)c3)n2)cc1. The number of rotatable bonds is 5. The van der Waals surface area contributed by atoms with Crippen molar-refractivity contribution in [3.63, 3.8) is 0 Å². The Morgan fingerprint density at radius 2 is 2.08 bits per heavy atom. The van der Waals surface area contributed by atoms with E-state index in [9.17, 15) is 4.79 Å². The van der Waals surface area contributed by atoms with Crippen LogP contribution in [0.3, 0.4) is 0 Å². The second kappa shape index (κ2) is 7.59. The zero-order valence-corrected chi connectivity index (χ0v) is 14.4. The summed E-state index contributed by atoms with van der Waals surface area (Å²) in [5.74, 6) is 0.830. The first kappa shape index (κ1) is 16.7. The van der Waals surface area contributed by atoms with E-state index < -0.39 is 0 Å². The standard InChI is InChI=1S/C17H12BrN5O2/c18-13-3-1-2-12(8-13)16-21-17(23-22-16)20-15(24)10-25-14-6-4-11(9-19)5-7-14/h1-8H,10H2,(H2,20,21,22,23,24). The number of nitrogens with one attached hydrogen (secondary N) is 2. The second-order valence-corrected chi connectivity index (χ2v) is 5.91. The van der Waals surface area contributed by atoms with Gasteiger partial charge >= 0.3 is 0 Å². The van der Waals surface area contributed by atoms with Gasteiger partial charge in [0.2, 0.25) is 5.95 Å². The predicted octanol–water partition coefficient (Wildman–Crippen LogP) is 3.12. The van der Waals surface area contributed by atoms with Crippen LogP contribution in [-0.4, -0.2) is 27.7 Å². The van der Waals surface area contributed by atoms with E-state index in [4.69, 9.17) is 10.00 Å². The number of H-pyrrole nitrogens is 1. The van der Waals surface area contributed by atoms with E-state index in [2.05, 4.69) is 36.4 Å². The average molecular weight is 398 g/mol. The van der Waals surface area contributed by atoms with Crippen LogP contribution in [0.1, 0.15) is 5.56 Å². The quantitative estimate of drug-likeness (QED) is 0.687. The van der Waals surface area contributed by atoms with Gasteiger partial charge in [0.1, 0.15) is 5.75 Å².